The van der Waals surface area contributed by atoms with Crippen LogP contribution >= 0.6 is 0 Å². The molecule has 0 spiro atoms. The van der Waals surface area contributed by atoms with E-state index in [1.807, 2.05) is 51.1 Å². The Hall–Kier alpha value is -3.86. The van der Waals surface area contributed by atoms with Crippen LogP contribution in [0.15, 0.2) is 74.5 Å². The van der Waals surface area contributed by atoms with Gasteiger partial charge in [0.1, 0.15) is 5.58 Å². The van der Waals surface area contributed by atoms with Crippen molar-refractivity contribution in [2.75, 3.05) is 0 Å². The van der Waals surface area contributed by atoms with Crippen LogP contribution in [0.1, 0.15) is 22.3 Å². The fourth-order valence-electron chi connectivity index (χ4n) is 3.27. The van der Waals surface area contributed by atoms with Crippen LogP contribution in [0.2, 0.25) is 0 Å². The number of hydrogen-bond donors (Lipinski definition) is 0. The number of hydrogen-bond acceptors (Lipinski definition) is 5. The number of furan rings is 1. The summed E-state index contributed by atoms with van der Waals surface area (Å²) in [5.41, 5.74) is 3.71. The molecule has 30 heavy (non-hydrogen) atoms. The summed E-state index contributed by atoms with van der Waals surface area (Å²) in [7, 11) is 0. The molecule has 2 aromatic heterocycles. The van der Waals surface area contributed by atoms with Gasteiger partial charge in [0.2, 0.25) is 16.9 Å². The van der Waals surface area contributed by atoms with Gasteiger partial charge in [-0.2, -0.15) is 0 Å². The van der Waals surface area contributed by atoms with Gasteiger partial charge >= 0.3 is 5.97 Å². The predicted octanol–water partition coefficient (Wildman–Crippen LogP) is 5.60. The Morgan fingerprint density at radius 3 is 2.47 bits per heavy atom. The van der Waals surface area contributed by atoms with Crippen molar-refractivity contribution in [2.45, 2.75) is 20.8 Å². The predicted molar refractivity (Wildman–Crippen MR) is 116 cm³/mol. The Morgan fingerprint density at radius 1 is 1.00 bits per heavy atom. The highest BCUT2D eigenvalue weighted by Crippen LogP contribution is 2.32. The third-order valence-electron chi connectivity index (χ3n) is 4.72. The van der Waals surface area contributed by atoms with E-state index < -0.39 is 11.4 Å². The number of esters is 1. The fourth-order valence-corrected chi connectivity index (χ4v) is 3.27. The molecule has 0 aliphatic carbocycles. The molecule has 0 unspecified atom stereocenters. The van der Waals surface area contributed by atoms with Crippen molar-refractivity contribution in [1.29, 1.82) is 0 Å². The average Bonchev–Trinajstić information content (AvgIpc) is 3.24. The van der Waals surface area contributed by atoms with E-state index in [0.717, 1.165) is 22.3 Å². The van der Waals surface area contributed by atoms with Gasteiger partial charge in [0.05, 0.1) is 11.6 Å². The van der Waals surface area contributed by atoms with Gasteiger partial charge in [0.25, 0.3) is 0 Å². The van der Waals surface area contributed by atoms with Crippen LogP contribution in [0.3, 0.4) is 0 Å². The van der Waals surface area contributed by atoms with Crippen LogP contribution in [0.4, 0.5) is 0 Å². The Labute approximate surface area is 173 Å². The van der Waals surface area contributed by atoms with Crippen molar-refractivity contribution in [3.8, 4) is 17.3 Å². The first-order valence-electron chi connectivity index (χ1n) is 9.51. The Morgan fingerprint density at radius 2 is 1.77 bits per heavy atom. The standard InChI is InChI=1S/C25H20O5/c1-15-6-8-18(9-7-15)10-11-21(26)29-25-22(27)19-14-16(2)13-17(3)23(19)30-24(25)20-5-4-12-28-20/h4-14H,1-3H3. The minimum Gasteiger partial charge on any atom is -0.461 e. The Bertz CT molecular complexity index is 1310. The lowest BCUT2D eigenvalue weighted by atomic mass is 10.1. The molecule has 0 saturated heterocycles. The molecular weight excluding hydrogens is 380 g/mol. The van der Waals surface area contributed by atoms with Crippen LogP contribution in [-0.2, 0) is 4.79 Å². The summed E-state index contributed by atoms with van der Waals surface area (Å²) in [5.74, 6) is -0.485. The second-order valence-corrected chi connectivity index (χ2v) is 7.19. The molecular formula is C25H20O5. The average molecular weight is 400 g/mol. The van der Waals surface area contributed by atoms with Crippen molar-refractivity contribution >= 4 is 23.0 Å². The minimum atomic E-state index is -0.681. The molecule has 0 saturated carbocycles. The third kappa shape index (κ3) is 3.82. The zero-order valence-corrected chi connectivity index (χ0v) is 16.9. The van der Waals surface area contributed by atoms with Gasteiger partial charge in [-0.3, -0.25) is 4.79 Å². The number of carbonyl (C=O) groups is 1. The number of ether oxygens (including phenoxy) is 1. The van der Waals surface area contributed by atoms with Gasteiger partial charge < -0.3 is 13.6 Å². The van der Waals surface area contributed by atoms with E-state index in [2.05, 4.69) is 0 Å². The number of aryl methyl sites for hydroxylation is 3. The summed E-state index contributed by atoms with van der Waals surface area (Å²) in [6.45, 7) is 5.74. The maximum atomic E-state index is 13.2. The zero-order valence-electron chi connectivity index (χ0n) is 16.9. The van der Waals surface area contributed by atoms with Crippen molar-refractivity contribution in [1.82, 2.24) is 0 Å². The molecule has 0 aliphatic heterocycles. The fraction of sp³-hybridized carbons (Fsp3) is 0.120. The van der Waals surface area contributed by atoms with E-state index in [0.29, 0.717) is 16.7 Å². The SMILES string of the molecule is Cc1ccc(C=CC(=O)Oc2c(-c3ccco3)oc3c(C)cc(C)cc3c2=O)cc1. The number of carbonyl (C=O) groups excluding carboxylic acids is 1. The molecule has 0 N–H and O–H groups in total. The molecule has 0 aliphatic rings. The van der Waals surface area contributed by atoms with Gasteiger partial charge in [0.15, 0.2) is 5.76 Å². The first kappa shape index (κ1) is 19.5. The van der Waals surface area contributed by atoms with Gasteiger partial charge in [-0.1, -0.05) is 35.9 Å². The molecule has 2 aromatic carbocycles. The van der Waals surface area contributed by atoms with E-state index in [1.165, 1.54) is 12.3 Å². The molecule has 0 atom stereocenters. The highest BCUT2D eigenvalue weighted by Gasteiger charge is 2.22. The maximum Gasteiger partial charge on any atom is 0.336 e. The van der Waals surface area contributed by atoms with Crippen molar-refractivity contribution in [2.24, 2.45) is 0 Å². The largest absolute Gasteiger partial charge is 0.461 e. The molecule has 4 rings (SSSR count). The lowest BCUT2D eigenvalue weighted by Crippen LogP contribution is -2.14. The highest BCUT2D eigenvalue weighted by atomic mass is 16.5. The second-order valence-electron chi connectivity index (χ2n) is 7.19. The number of fused-ring (bicyclic) bond motifs is 1. The normalized spacial score (nSPS) is 11.3. The van der Waals surface area contributed by atoms with Gasteiger partial charge in [0, 0.05) is 6.08 Å². The van der Waals surface area contributed by atoms with Crippen molar-refractivity contribution in [3.63, 3.8) is 0 Å². The first-order chi connectivity index (χ1) is 14.4. The van der Waals surface area contributed by atoms with E-state index in [9.17, 15) is 9.59 Å². The van der Waals surface area contributed by atoms with Crippen molar-refractivity contribution < 1.29 is 18.4 Å². The third-order valence-corrected chi connectivity index (χ3v) is 4.72. The smallest absolute Gasteiger partial charge is 0.336 e. The summed E-state index contributed by atoms with van der Waals surface area (Å²) < 4.78 is 16.8. The van der Waals surface area contributed by atoms with E-state index in [4.69, 9.17) is 13.6 Å². The molecule has 0 fully saturated rings. The van der Waals surface area contributed by atoms with Gasteiger partial charge in [-0.05, 0) is 61.7 Å². The lowest BCUT2D eigenvalue weighted by Gasteiger charge is -2.10. The summed E-state index contributed by atoms with van der Waals surface area (Å²) in [6, 6.07) is 14.6. The zero-order chi connectivity index (χ0) is 21.3. The van der Waals surface area contributed by atoms with Gasteiger partial charge in [-0.15, -0.1) is 0 Å². The van der Waals surface area contributed by atoms with Crippen LogP contribution in [0.25, 0.3) is 28.6 Å². The topological polar surface area (TPSA) is 69.7 Å². The maximum absolute atomic E-state index is 13.2. The highest BCUT2D eigenvalue weighted by molar-refractivity contribution is 5.91. The molecule has 4 aromatic rings. The molecule has 150 valence electrons. The van der Waals surface area contributed by atoms with E-state index in [-0.39, 0.29) is 11.5 Å². The van der Waals surface area contributed by atoms with Gasteiger partial charge in [-0.25, -0.2) is 4.79 Å². The van der Waals surface area contributed by atoms with E-state index in [1.54, 1.807) is 24.3 Å². The second kappa shape index (κ2) is 7.87. The summed E-state index contributed by atoms with van der Waals surface area (Å²) in [6.07, 6.45) is 4.37. The van der Waals surface area contributed by atoms with Crippen LogP contribution in [0, 0.1) is 20.8 Å². The molecule has 5 heteroatoms. The molecule has 0 radical (unpaired) electrons. The Balaban J connectivity index is 1.77. The lowest BCUT2D eigenvalue weighted by molar-refractivity contribution is -0.129. The van der Waals surface area contributed by atoms with Crippen molar-refractivity contribution in [3.05, 3.63) is 93.3 Å². The quantitative estimate of drug-likeness (QED) is 0.330. The molecule has 5 nitrogen and oxygen atoms in total. The van der Waals surface area contributed by atoms with E-state index >= 15 is 0 Å². The summed E-state index contributed by atoms with van der Waals surface area (Å²) in [4.78, 5) is 25.7. The Kier molecular flexibility index (Phi) is 5.11. The molecule has 2 heterocycles. The monoisotopic (exact) mass is 400 g/mol. The van der Waals surface area contributed by atoms with Crippen LogP contribution in [0.5, 0.6) is 5.75 Å². The molecule has 0 bridgehead atoms. The minimum absolute atomic E-state index is 0.0848. The number of rotatable bonds is 4. The summed E-state index contributed by atoms with van der Waals surface area (Å²) >= 11 is 0. The first-order valence-corrected chi connectivity index (χ1v) is 9.51. The number of benzene rings is 2. The van der Waals surface area contributed by atoms with Crippen LogP contribution < -0.4 is 10.2 Å². The molecule has 0 amide bonds. The van der Waals surface area contributed by atoms with Crippen LogP contribution in [-0.4, -0.2) is 5.97 Å². The summed E-state index contributed by atoms with van der Waals surface area (Å²) in [5, 5.41) is 0.355.